The summed E-state index contributed by atoms with van der Waals surface area (Å²) in [5.74, 6) is 0.933. The van der Waals surface area contributed by atoms with Crippen molar-refractivity contribution in [1.82, 2.24) is 19.8 Å². The number of anilines is 2. The highest BCUT2D eigenvalue weighted by Crippen LogP contribution is 2.37. The molecule has 0 N–H and O–H groups in total. The molecule has 0 unspecified atom stereocenters. The lowest BCUT2D eigenvalue weighted by Gasteiger charge is -2.34. The van der Waals surface area contributed by atoms with Gasteiger partial charge in [0, 0.05) is 48.9 Å². The summed E-state index contributed by atoms with van der Waals surface area (Å²) in [4.78, 5) is 18.8. The van der Waals surface area contributed by atoms with Crippen LogP contribution in [-0.2, 0) is 13.0 Å². The molecule has 3 aromatic rings. The molecule has 3 aliphatic heterocycles. The first-order valence-corrected chi connectivity index (χ1v) is 14.3. The molecular weight excluding hydrogens is 510 g/mol. The fourth-order valence-corrected chi connectivity index (χ4v) is 6.72. The molecule has 9 heteroatoms. The lowest BCUT2D eigenvalue weighted by Crippen LogP contribution is -2.38. The molecule has 0 saturated carbocycles. The maximum atomic E-state index is 9.56. The predicted molar refractivity (Wildman–Crippen MR) is 155 cm³/mol. The molecule has 0 bridgehead atoms. The van der Waals surface area contributed by atoms with Gasteiger partial charge < -0.3 is 24.3 Å². The van der Waals surface area contributed by atoms with E-state index in [0.29, 0.717) is 31.7 Å². The number of aromatic nitrogens is 2. The molecule has 1 aromatic heterocycles. The van der Waals surface area contributed by atoms with Crippen molar-refractivity contribution in [2.75, 3.05) is 50.1 Å². The first-order chi connectivity index (χ1) is 18.9. The summed E-state index contributed by atoms with van der Waals surface area (Å²) in [7, 11) is 4.26. The third-order valence-electron chi connectivity index (χ3n) is 8.83. The van der Waals surface area contributed by atoms with Crippen molar-refractivity contribution in [2.24, 2.45) is 0 Å². The zero-order valence-corrected chi connectivity index (χ0v) is 23.7. The lowest BCUT2D eigenvalue weighted by molar-refractivity contribution is 0.187. The summed E-state index contributed by atoms with van der Waals surface area (Å²) >= 11 is 6.69. The number of hydrogen-bond donors (Lipinski definition) is 0. The number of benzene rings is 2. The maximum Gasteiger partial charge on any atom is 0.318 e. The predicted octanol–water partition coefficient (Wildman–Crippen LogP) is 4.70. The Morgan fingerprint density at radius 2 is 2.00 bits per heavy atom. The number of nitrogens with zero attached hydrogens (tertiary/aromatic N) is 7. The standard InChI is InChI=1S/C30H36ClN7O/c1-20-15-23(16-38(20)19-32)36(3)29-24-12-14-37(27-11-5-8-21-7-4-10-25(31)28(21)27)17-26(24)33-30(34-29)39-18-22-9-6-13-35(22)2/h4-5,7-8,10-11,20,22-23H,6,9,12-18H2,1-3H3/t20-,22+,23-/m1/s1. The second-order valence-corrected chi connectivity index (χ2v) is 11.6. The minimum Gasteiger partial charge on any atom is -0.462 e. The van der Waals surface area contributed by atoms with Gasteiger partial charge in [0.15, 0.2) is 6.19 Å². The van der Waals surface area contributed by atoms with Gasteiger partial charge in [0.05, 0.1) is 23.3 Å². The van der Waals surface area contributed by atoms with E-state index in [1.165, 1.54) is 12.0 Å². The van der Waals surface area contributed by atoms with Gasteiger partial charge in [-0.05, 0) is 63.7 Å². The summed E-state index contributed by atoms with van der Waals surface area (Å²) < 4.78 is 6.28. The van der Waals surface area contributed by atoms with Gasteiger partial charge in [0.1, 0.15) is 12.4 Å². The molecule has 6 rings (SSSR count). The highest BCUT2D eigenvalue weighted by atomic mass is 35.5. The summed E-state index contributed by atoms with van der Waals surface area (Å²) in [6.07, 6.45) is 6.43. The number of rotatable bonds is 6. The van der Waals surface area contributed by atoms with E-state index in [1.54, 1.807) is 0 Å². The van der Waals surface area contributed by atoms with E-state index in [4.69, 9.17) is 26.3 Å². The molecule has 0 radical (unpaired) electrons. The highest BCUT2D eigenvalue weighted by molar-refractivity contribution is 6.36. The lowest BCUT2D eigenvalue weighted by atomic mass is 10.0. The number of ether oxygens (including phenoxy) is 1. The van der Waals surface area contributed by atoms with Crippen molar-refractivity contribution in [3.05, 3.63) is 52.7 Å². The first-order valence-electron chi connectivity index (χ1n) is 14.0. The van der Waals surface area contributed by atoms with Crippen LogP contribution < -0.4 is 14.5 Å². The number of fused-ring (bicyclic) bond motifs is 2. The highest BCUT2D eigenvalue weighted by Gasteiger charge is 2.34. The monoisotopic (exact) mass is 545 g/mol. The first kappa shape index (κ1) is 26.0. The SMILES string of the molecule is C[C@@H]1C[C@@H](N(C)c2nc(OC[C@@H]3CCCN3C)nc3c2CCN(c2cccc4cccc(Cl)c24)C3)CN1C#N. The van der Waals surface area contributed by atoms with Crippen LogP contribution in [0.2, 0.25) is 5.02 Å². The Labute approximate surface area is 235 Å². The van der Waals surface area contributed by atoms with Crippen molar-refractivity contribution in [2.45, 2.75) is 57.3 Å². The van der Waals surface area contributed by atoms with Crippen LogP contribution in [0.4, 0.5) is 11.5 Å². The molecule has 0 spiro atoms. The topological polar surface area (TPSA) is 71.8 Å². The fraction of sp³-hybridized carbons (Fsp3) is 0.500. The quantitative estimate of drug-likeness (QED) is 0.413. The largest absolute Gasteiger partial charge is 0.462 e. The van der Waals surface area contributed by atoms with Crippen LogP contribution in [-0.4, -0.2) is 78.2 Å². The van der Waals surface area contributed by atoms with Crippen molar-refractivity contribution in [3.63, 3.8) is 0 Å². The number of hydrogen-bond acceptors (Lipinski definition) is 8. The third kappa shape index (κ3) is 4.94. The summed E-state index contributed by atoms with van der Waals surface area (Å²) in [5.41, 5.74) is 3.30. The Kier molecular flexibility index (Phi) is 7.13. The van der Waals surface area contributed by atoms with Crippen LogP contribution in [0.25, 0.3) is 10.8 Å². The normalized spacial score (nSPS) is 23.2. The number of nitriles is 1. The average Bonchev–Trinajstić information content (AvgIpc) is 3.54. The van der Waals surface area contributed by atoms with Crippen molar-refractivity contribution in [3.8, 4) is 12.2 Å². The number of likely N-dealkylation sites (N-methyl/N-ethyl adjacent to an activating group) is 2. The third-order valence-corrected chi connectivity index (χ3v) is 9.15. The minimum atomic E-state index is 0.211. The van der Waals surface area contributed by atoms with E-state index in [2.05, 4.69) is 66.2 Å². The van der Waals surface area contributed by atoms with E-state index >= 15 is 0 Å². The number of halogens is 1. The minimum absolute atomic E-state index is 0.211. The van der Waals surface area contributed by atoms with E-state index < -0.39 is 0 Å². The molecule has 4 heterocycles. The van der Waals surface area contributed by atoms with E-state index in [0.717, 1.165) is 65.3 Å². The van der Waals surface area contributed by atoms with Gasteiger partial charge >= 0.3 is 6.01 Å². The molecule has 3 atom stereocenters. The van der Waals surface area contributed by atoms with Gasteiger partial charge in [0.2, 0.25) is 0 Å². The van der Waals surface area contributed by atoms with Crippen LogP contribution in [0, 0.1) is 11.5 Å². The molecule has 2 saturated heterocycles. The zero-order valence-electron chi connectivity index (χ0n) is 23.0. The van der Waals surface area contributed by atoms with Gasteiger partial charge in [0.25, 0.3) is 0 Å². The van der Waals surface area contributed by atoms with Crippen LogP contribution in [0.15, 0.2) is 36.4 Å². The Morgan fingerprint density at radius 3 is 2.74 bits per heavy atom. The smallest absolute Gasteiger partial charge is 0.318 e. The van der Waals surface area contributed by atoms with Crippen molar-refractivity contribution >= 4 is 33.9 Å². The second-order valence-electron chi connectivity index (χ2n) is 11.2. The molecule has 2 fully saturated rings. The van der Waals surface area contributed by atoms with Gasteiger partial charge in [-0.15, -0.1) is 0 Å². The Morgan fingerprint density at radius 1 is 1.18 bits per heavy atom. The number of likely N-dealkylation sites (tertiary alicyclic amines) is 2. The molecule has 0 amide bonds. The molecular formula is C30H36ClN7O. The molecule has 3 aliphatic rings. The van der Waals surface area contributed by atoms with E-state index in [1.807, 2.05) is 17.0 Å². The van der Waals surface area contributed by atoms with Gasteiger partial charge in [-0.2, -0.15) is 15.2 Å². The van der Waals surface area contributed by atoms with Crippen LogP contribution in [0.1, 0.15) is 37.4 Å². The molecule has 8 nitrogen and oxygen atoms in total. The summed E-state index contributed by atoms with van der Waals surface area (Å²) in [6, 6.07) is 13.7. The molecule has 204 valence electrons. The van der Waals surface area contributed by atoms with Crippen LogP contribution in [0.5, 0.6) is 6.01 Å². The fourth-order valence-electron chi connectivity index (χ4n) is 6.45. The summed E-state index contributed by atoms with van der Waals surface area (Å²) in [6.45, 7) is 6.02. The average molecular weight is 546 g/mol. The Hall–Kier alpha value is -3.28. The van der Waals surface area contributed by atoms with Crippen LogP contribution >= 0.6 is 11.6 Å². The molecule has 39 heavy (non-hydrogen) atoms. The molecule has 0 aliphatic carbocycles. The Balaban J connectivity index is 1.34. The maximum absolute atomic E-state index is 9.56. The van der Waals surface area contributed by atoms with Gasteiger partial charge in [-0.1, -0.05) is 35.9 Å². The Bertz CT molecular complexity index is 1400. The zero-order chi connectivity index (χ0) is 27.1. The van der Waals surface area contributed by atoms with Crippen molar-refractivity contribution < 1.29 is 4.74 Å². The van der Waals surface area contributed by atoms with E-state index in [9.17, 15) is 5.26 Å². The second kappa shape index (κ2) is 10.7. The van der Waals surface area contributed by atoms with Gasteiger partial charge in [-0.3, -0.25) is 0 Å². The van der Waals surface area contributed by atoms with Gasteiger partial charge in [-0.25, -0.2) is 0 Å². The van der Waals surface area contributed by atoms with E-state index in [-0.39, 0.29) is 12.1 Å². The molecule has 2 aromatic carbocycles. The summed E-state index contributed by atoms with van der Waals surface area (Å²) in [5, 5.41) is 12.5. The van der Waals surface area contributed by atoms with Crippen molar-refractivity contribution in [1.29, 1.82) is 5.26 Å². The van der Waals surface area contributed by atoms with Crippen LogP contribution in [0.3, 0.4) is 0 Å².